The number of pyridine rings is 1. The highest BCUT2D eigenvalue weighted by Gasteiger charge is 2.45. The number of carbonyl (C=O) groups excluding carboxylic acids is 1. The van der Waals surface area contributed by atoms with E-state index >= 15 is 0 Å². The second-order valence-electron chi connectivity index (χ2n) is 4.91. The second-order valence-corrected chi connectivity index (χ2v) is 4.91. The lowest BCUT2D eigenvalue weighted by Gasteiger charge is -2.27. The maximum atomic E-state index is 10.9. The van der Waals surface area contributed by atoms with Gasteiger partial charge in [-0.25, -0.2) is 9.67 Å². The van der Waals surface area contributed by atoms with E-state index in [1.54, 1.807) is 17.2 Å². The largest absolute Gasteiger partial charge is 0.463 e. The number of rotatable bonds is 5. The highest BCUT2D eigenvalue weighted by molar-refractivity contribution is 5.65. The summed E-state index contributed by atoms with van der Waals surface area (Å²) in [6.07, 6.45) is 4.34. The number of hydrogen-bond acceptors (Lipinski definition) is 7. The van der Waals surface area contributed by atoms with Gasteiger partial charge >= 0.3 is 5.97 Å². The molecule has 1 aliphatic rings. The monoisotopic (exact) mass is 304 g/mol. The summed E-state index contributed by atoms with van der Waals surface area (Å²) < 4.78 is 18.5. The molecule has 0 aromatic carbocycles. The Morgan fingerprint density at radius 3 is 3.14 bits per heavy atom. The minimum atomic E-state index is -1.07. The summed E-state index contributed by atoms with van der Waals surface area (Å²) in [6.45, 7) is 2.11. The van der Waals surface area contributed by atoms with Gasteiger partial charge in [0, 0.05) is 13.1 Å². The Balaban J connectivity index is 1.80. The highest BCUT2D eigenvalue weighted by atomic mass is 16.8. The fraction of sp³-hybridized carbons (Fsp3) is 0.429. The van der Waals surface area contributed by atoms with Crippen molar-refractivity contribution in [3.8, 4) is 0 Å². The van der Waals surface area contributed by atoms with Crippen molar-refractivity contribution < 1.29 is 19.0 Å². The van der Waals surface area contributed by atoms with Crippen LogP contribution in [-0.2, 0) is 31.3 Å². The van der Waals surface area contributed by atoms with Gasteiger partial charge in [-0.1, -0.05) is 6.07 Å². The van der Waals surface area contributed by atoms with Gasteiger partial charge in [-0.2, -0.15) is 5.10 Å². The fourth-order valence-electron chi connectivity index (χ4n) is 2.27. The molecular weight excluding hydrogens is 288 g/mol. The van der Waals surface area contributed by atoms with Crippen molar-refractivity contribution in [3.05, 3.63) is 42.7 Å². The van der Waals surface area contributed by atoms with E-state index in [9.17, 15) is 4.79 Å². The van der Waals surface area contributed by atoms with Crippen LogP contribution in [0.25, 0.3) is 0 Å². The van der Waals surface area contributed by atoms with Gasteiger partial charge in [0.25, 0.3) is 0 Å². The molecule has 2 atom stereocenters. The maximum absolute atomic E-state index is 10.9. The average Bonchev–Trinajstić information content (AvgIpc) is 3.17. The summed E-state index contributed by atoms with van der Waals surface area (Å²) in [6, 6.07) is 5.50. The first-order chi connectivity index (χ1) is 10.7. The van der Waals surface area contributed by atoms with E-state index in [2.05, 4.69) is 15.1 Å². The Morgan fingerprint density at radius 1 is 1.55 bits per heavy atom. The van der Waals surface area contributed by atoms with Crippen LogP contribution in [0, 0.1) is 0 Å². The zero-order valence-electron chi connectivity index (χ0n) is 12.1. The van der Waals surface area contributed by atoms with Crippen molar-refractivity contribution in [2.75, 3.05) is 13.2 Å². The topological polar surface area (TPSA) is 88.4 Å². The van der Waals surface area contributed by atoms with E-state index in [4.69, 9.17) is 14.2 Å². The lowest BCUT2D eigenvalue weighted by Crippen LogP contribution is -2.35. The van der Waals surface area contributed by atoms with Gasteiger partial charge in [0.05, 0.1) is 6.61 Å². The zero-order chi connectivity index (χ0) is 15.4. The van der Waals surface area contributed by atoms with Gasteiger partial charge in [0.1, 0.15) is 37.6 Å². The molecule has 2 aromatic heterocycles. The summed E-state index contributed by atoms with van der Waals surface area (Å²) in [5, 5.41) is 4.08. The summed E-state index contributed by atoms with van der Waals surface area (Å²) in [5.74, 6) is -1.42. The Bertz CT molecular complexity index is 619. The Kier molecular flexibility index (Phi) is 4.12. The van der Waals surface area contributed by atoms with E-state index in [0.717, 1.165) is 0 Å². The number of nitrogens with zero attached hydrogens (tertiary/aromatic N) is 4. The van der Waals surface area contributed by atoms with E-state index in [0.29, 0.717) is 18.8 Å². The van der Waals surface area contributed by atoms with Crippen molar-refractivity contribution in [1.82, 2.24) is 19.7 Å². The number of aromatic nitrogens is 4. The zero-order valence-corrected chi connectivity index (χ0v) is 12.1. The third kappa shape index (κ3) is 3.12. The molecule has 1 aliphatic heterocycles. The van der Waals surface area contributed by atoms with Gasteiger partial charge < -0.3 is 14.2 Å². The van der Waals surface area contributed by atoms with Crippen LogP contribution in [0.5, 0.6) is 0 Å². The normalized spacial score (nSPS) is 24.3. The van der Waals surface area contributed by atoms with Crippen LogP contribution >= 0.6 is 0 Å². The van der Waals surface area contributed by atoms with E-state index in [1.165, 1.54) is 13.3 Å². The Labute approximate surface area is 127 Å². The van der Waals surface area contributed by atoms with Crippen molar-refractivity contribution in [3.63, 3.8) is 0 Å². The lowest BCUT2D eigenvalue weighted by atomic mass is 10.1. The summed E-state index contributed by atoms with van der Waals surface area (Å²) in [5.41, 5.74) is 0.635. The van der Waals surface area contributed by atoms with Crippen molar-refractivity contribution in [2.24, 2.45) is 0 Å². The van der Waals surface area contributed by atoms with Crippen LogP contribution in [-0.4, -0.2) is 45.0 Å². The predicted molar refractivity (Wildman–Crippen MR) is 73.4 cm³/mol. The minimum Gasteiger partial charge on any atom is -0.463 e. The SMILES string of the molecule is CC(=O)OCC1COC(Cn2cncn2)(c2ccccn2)O1. The van der Waals surface area contributed by atoms with Crippen LogP contribution in [0.15, 0.2) is 37.1 Å². The molecular formula is C14H16N4O4. The predicted octanol–water partition coefficient (Wildman–Crippen LogP) is 0.505. The molecule has 0 bridgehead atoms. The molecule has 116 valence electrons. The van der Waals surface area contributed by atoms with E-state index in [1.807, 2.05) is 18.2 Å². The standard InChI is InChI=1S/C14H16N4O4/c1-11(19)20-6-12-7-21-14(22-12,8-18-10-15-9-17-18)13-4-2-3-5-16-13/h2-5,9-10,12H,6-8H2,1H3. The van der Waals surface area contributed by atoms with Gasteiger partial charge in [-0.15, -0.1) is 0 Å². The van der Waals surface area contributed by atoms with Gasteiger partial charge in [-0.05, 0) is 12.1 Å². The minimum absolute atomic E-state index is 0.140. The van der Waals surface area contributed by atoms with Crippen molar-refractivity contribution in [1.29, 1.82) is 0 Å². The Hall–Kier alpha value is -2.32. The van der Waals surface area contributed by atoms with Crippen LogP contribution in [0.3, 0.4) is 0 Å². The molecule has 1 fully saturated rings. The summed E-state index contributed by atoms with van der Waals surface area (Å²) in [7, 11) is 0. The lowest BCUT2D eigenvalue weighted by molar-refractivity contribution is -0.196. The molecule has 3 rings (SSSR count). The molecule has 0 amide bonds. The number of ether oxygens (including phenoxy) is 3. The smallest absolute Gasteiger partial charge is 0.302 e. The first-order valence-corrected chi connectivity index (χ1v) is 6.87. The maximum Gasteiger partial charge on any atom is 0.302 e. The average molecular weight is 304 g/mol. The van der Waals surface area contributed by atoms with Crippen molar-refractivity contribution >= 4 is 5.97 Å². The van der Waals surface area contributed by atoms with E-state index in [-0.39, 0.29) is 18.7 Å². The molecule has 3 heterocycles. The summed E-state index contributed by atoms with van der Waals surface area (Å²) in [4.78, 5) is 19.2. The fourth-order valence-corrected chi connectivity index (χ4v) is 2.27. The molecule has 0 spiro atoms. The van der Waals surface area contributed by atoms with Crippen LogP contribution in [0.2, 0.25) is 0 Å². The van der Waals surface area contributed by atoms with Gasteiger partial charge in [-0.3, -0.25) is 9.78 Å². The first kappa shape index (κ1) is 14.6. The quantitative estimate of drug-likeness (QED) is 0.743. The van der Waals surface area contributed by atoms with Crippen LogP contribution in [0.1, 0.15) is 12.6 Å². The number of carbonyl (C=O) groups is 1. The highest BCUT2D eigenvalue weighted by Crippen LogP contribution is 2.34. The molecule has 0 aliphatic carbocycles. The molecule has 2 unspecified atom stereocenters. The molecule has 8 nitrogen and oxygen atoms in total. The third-order valence-corrected chi connectivity index (χ3v) is 3.22. The molecule has 1 saturated heterocycles. The first-order valence-electron chi connectivity index (χ1n) is 6.87. The van der Waals surface area contributed by atoms with Gasteiger partial charge in [0.2, 0.25) is 5.79 Å². The Morgan fingerprint density at radius 2 is 2.45 bits per heavy atom. The molecule has 0 radical (unpaired) electrons. The summed E-state index contributed by atoms with van der Waals surface area (Å²) >= 11 is 0. The number of esters is 1. The molecule has 0 saturated carbocycles. The molecule has 22 heavy (non-hydrogen) atoms. The van der Waals surface area contributed by atoms with E-state index < -0.39 is 5.79 Å². The second kappa shape index (κ2) is 6.20. The third-order valence-electron chi connectivity index (χ3n) is 3.22. The number of hydrogen-bond donors (Lipinski definition) is 0. The molecule has 0 N–H and O–H groups in total. The van der Waals surface area contributed by atoms with Crippen molar-refractivity contribution in [2.45, 2.75) is 25.4 Å². The van der Waals surface area contributed by atoms with Crippen LogP contribution < -0.4 is 0 Å². The van der Waals surface area contributed by atoms with Crippen LogP contribution in [0.4, 0.5) is 0 Å². The molecule has 2 aromatic rings. The van der Waals surface area contributed by atoms with Gasteiger partial charge in [0.15, 0.2) is 0 Å². The molecule has 8 heteroatoms.